The average Bonchev–Trinajstić information content (AvgIpc) is 3.09. The van der Waals surface area contributed by atoms with E-state index in [0.717, 1.165) is 22.0 Å². The molecule has 0 aliphatic rings. The fourth-order valence-electron chi connectivity index (χ4n) is 2.20. The number of nitrogens with zero attached hydrogens (tertiary/aromatic N) is 1. The molecule has 1 heterocycles. The molecule has 1 amide bonds. The van der Waals surface area contributed by atoms with Gasteiger partial charge >= 0.3 is 5.97 Å². The molecule has 0 saturated heterocycles. The molecule has 0 atom stereocenters. The lowest BCUT2D eigenvalue weighted by Gasteiger charge is -2.04. The molecule has 27 heavy (non-hydrogen) atoms. The number of hydrogen-bond acceptors (Lipinski definition) is 7. The number of thiazole rings is 1. The summed E-state index contributed by atoms with van der Waals surface area (Å²) in [5.41, 5.74) is 1.32. The van der Waals surface area contributed by atoms with E-state index in [4.69, 9.17) is 4.74 Å². The van der Waals surface area contributed by atoms with Gasteiger partial charge in [0.05, 0.1) is 21.7 Å². The summed E-state index contributed by atoms with van der Waals surface area (Å²) in [6.07, 6.45) is 0. The monoisotopic (exact) mass is 400 g/mol. The summed E-state index contributed by atoms with van der Waals surface area (Å²) < 4.78 is 5.94. The minimum absolute atomic E-state index is 0.00463. The lowest BCUT2D eigenvalue weighted by molar-refractivity contribution is -0.139. The van der Waals surface area contributed by atoms with Gasteiger partial charge in [-0.2, -0.15) is 0 Å². The van der Waals surface area contributed by atoms with Crippen molar-refractivity contribution in [3.63, 3.8) is 0 Å². The number of carbonyl (C=O) groups is 3. The number of anilines is 1. The number of amides is 1. The maximum absolute atomic E-state index is 12.0. The number of rotatable bonds is 8. The Kier molecular flexibility index (Phi) is 6.56. The normalized spacial score (nSPS) is 10.5. The summed E-state index contributed by atoms with van der Waals surface area (Å²) in [7, 11) is 0. The maximum atomic E-state index is 12.0. The lowest BCUT2D eigenvalue weighted by Crippen LogP contribution is -2.18. The number of esters is 1. The van der Waals surface area contributed by atoms with Crippen LogP contribution in [0, 0.1) is 0 Å². The quantitative estimate of drug-likeness (QED) is 0.461. The number of carbonyl (C=O) groups excluding carboxylic acids is 3. The van der Waals surface area contributed by atoms with Gasteiger partial charge in [-0.25, -0.2) is 4.98 Å². The van der Waals surface area contributed by atoms with Gasteiger partial charge in [-0.3, -0.25) is 14.4 Å². The Morgan fingerprint density at radius 3 is 2.52 bits per heavy atom. The SMILES string of the molecule is O=C(CSCC(=O)OCC(=O)c1ccccc1)Nc1nc2ccccc2s1. The van der Waals surface area contributed by atoms with Gasteiger partial charge in [0, 0.05) is 5.56 Å². The van der Waals surface area contributed by atoms with Crippen LogP contribution in [0.15, 0.2) is 54.6 Å². The molecule has 0 fully saturated rings. The molecule has 3 rings (SSSR count). The van der Waals surface area contributed by atoms with Crippen LogP contribution in [0.2, 0.25) is 0 Å². The van der Waals surface area contributed by atoms with Crippen molar-refractivity contribution in [2.24, 2.45) is 0 Å². The second kappa shape index (κ2) is 9.29. The molecule has 0 bridgehead atoms. The third-order valence-corrected chi connectivity index (χ3v) is 5.31. The van der Waals surface area contributed by atoms with Crippen LogP contribution in [-0.2, 0) is 14.3 Å². The predicted octanol–water partition coefficient (Wildman–Crippen LogP) is 3.39. The van der Waals surface area contributed by atoms with Crippen LogP contribution in [-0.4, -0.2) is 40.8 Å². The highest BCUT2D eigenvalue weighted by Gasteiger charge is 2.12. The highest BCUT2D eigenvalue weighted by atomic mass is 32.2. The van der Waals surface area contributed by atoms with E-state index in [1.54, 1.807) is 30.3 Å². The molecule has 2 aromatic carbocycles. The van der Waals surface area contributed by atoms with Crippen molar-refractivity contribution < 1.29 is 19.1 Å². The van der Waals surface area contributed by atoms with Crippen LogP contribution in [0.3, 0.4) is 0 Å². The van der Waals surface area contributed by atoms with E-state index >= 15 is 0 Å². The predicted molar refractivity (Wildman–Crippen MR) is 107 cm³/mol. The number of ether oxygens (including phenoxy) is 1. The Morgan fingerprint density at radius 1 is 1.00 bits per heavy atom. The largest absolute Gasteiger partial charge is 0.457 e. The van der Waals surface area contributed by atoms with Gasteiger partial charge in [-0.05, 0) is 12.1 Å². The van der Waals surface area contributed by atoms with E-state index < -0.39 is 5.97 Å². The molecule has 0 unspecified atom stereocenters. The fourth-order valence-corrected chi connectivity index (χ4v) is 3.69. The number of fused-ring (bicyclic) bond motifs is 1. The molecule has 6 nitrogen and oxygen atoms in total. The van der Waals surface area contributed by atoms with E-state index in [9.17, 15) is 14.4 Å². The lowest BCUT2D eigenvalue weighted by atomic mass is 10.1. The summed E-state index contributed by atoms with van der Waals surface area (Å²) in [6, 6.07) is 16.2. The van der Waals surface area contributed by atoms with E-state index in [0.29, 0.717) is 10.7 Å². The van der Waals surface area contributed by atoms with Crippen molar-refractivity contribution in [3.8, 4) is 0 Å². The number of thioether (sulfide) groups is 1. The van der Waals surface area contributed by atoms with Crippen LogP contribution in [0.1, 0.15) is 10.4 Å². The summed E-state index contributed by atoms with van der Waals surface area (Å²) in [6.45, 7) is -0.304. The number of aromatic nitrogens is 1. The van der Waals surface area contributed by atoms with Crippen molar-refractivity contribution >= 4 is 56.1 Å². The second-order valence-corrected chi connectivity index (χ2v) is 7.49. The smallest absolute Gasteiger partial charge is 0.316 e. The second-order valence-electron chi connectivity index (χ2n) is 5.48. The van der Waals surface area contributed by atoms with Crippen LogP contribution in [0.5, 0.6) is 0 Å². The fraction of sp³-hybridized carbons (Fsp3) is 0.158. The first-order valence-corrected chi connectivity index (χ1v) is 10.1. The number of benzene rings is 2. The van der Waals surface area contributed by atoms with Gasteiger partial charge in [-0.15, -0.1) is 11.8 Å². The molecule has 8 heteroatoms. The van der Waals surface area contributed by atoms with Gasteiger partial charge in [0.15, 0.2) is 17.5 Å². The number of nitrogens with one attached hydrogen (secondary N) is 1. The molecule has 0 aliphatic heterocycles. The topological polar surface area (TPSA) is 85.4 Å². The molecular weight excluding hydrogens is 384 g/mol. The summed E-state index contributed by atoms with van der Waals surface area (Å²) in [5, 5.41) is 3.24. The van der Waals surface area contributed by atoms with Crippen molar-refractivity contribution in [1.29, 1.82) is 0 Å². The van der Waals surface area contributed by atoms with E-state index in [2.05, 4.69) is 10.3 Å². The van der Waals surface area contributed by atoms with Crippen LogP contribution < -0.4 is 5.32 Å². The van der Waals surface area contributed by atoms with E-state index in [-0.39, 0.29) is 29.8 Å². The molecule has 0 saturated carbocycles. The molecular formula is C19H16N2O4S2. The first-order chi connectivity index (χ1) is 13.1. The summed E-state index contributed by atoms with van der Waals surface area (Å²) in [4.78, 5) is 39.8. The van der Waals surface area contributed by atoms with Crippen LogP contribution in [0.25, 0.3) is 10.2 Å². The van der Waals surface area contributed by atoms with Gasteiger partial charge in [0.1, 0.15) is 0 Å². The Morgan fingerprint density at radius 2 is 1.74 bits per heavy atom. The molecule has 0 aliphatic carbocycles. The highest BCUT2D eigenvalue weighted by Crippen LogP contribution is 2.25. The average molecular weight is 400 g/mol. The van der Waals surface area contributed by atoms with E-state index in [1.807, 2.05) is 24.3 Å². The van der Waals surface area contributed by atoms with Crippen molar-refractivity contribution in [3.05, 3.63) is 60.2 Å². The molecule has 3 aromatic rings. The maximum Gasteiger partial charge on any atom is 0.316 e. The third kappa shape index (κ3) is 5.63. The molecule has 0 radical (unpaired) electrons. The Hall–Kier alpha value is -2.71. The zero-order valence-electron chi connectivity index (χ0n) is 14.2. The number of Topliss-reactive ketones (excluding diaryl/α,β-unsaturated/α-hetero) is 1. The first kappa shape index (κ1) is 19.1. The van der Waals surface area contributed by atoms with Gasteiger partial charge in [-0.1, -0.05) is 53.8 Å². The molecule has 1 aromatic heterocycles. The number of para-hydroxylation sites is 1. The minimum Gasteiger partial charge on any atom is -0.457 e. The Labute approximate surface area is 163 Å². The van der Waals surface area contributed by atoms with Crippen molar-refractivity contribution in [2.45, 2.75) is 0 Å². The Balaban J connectivity index is 1.36. The van der Waals surface area contributed by atoms with Gasteiger partial charge < -0.3 is 10.1 Å². The first-order valence-electron chi connectivity index (χ1n) is 8.09. The van der Waals surface area contributed by atoms with Crippen molar-refractivity contribution in [1.82, 2.24) is 4.98 Å². The Bertz CT molecular complexity index is 924. The highest BCUT2D eigenvalue weighted by molar-refractivity contribution is 8.00. The summed E-state index contributed by atoms with van der Waals surface area (Å²) in [5.74, 6) is -0.945. The zero-order chi connectivity index (χ0) is 19.1. The minimum atomic E-state index is -0.530. The number of ketones is 1. The summed E-state index contributed by atoms with van der Waals surface area (Å²) >= 11 is 2.52. The molecule has 1 N–H and O–H groups in total. The number of hydrogen-bond donors (Lipinski definition) is 1. The standard InChI is InChI=1S/C19H16N2O4S2/c22-15(13-6-2-1-3-7-13)10-25-18(24)12-26-11-17(23)21-19-20-14-8-4-5-9-16(14)27-19/h1-9H,10-12H2,(H,20,21,23). The third-order valence-electron chi connectivity index (χ3n) is 3.45. The van der Waals surface area contributed by atoms with E-state index in [1.165, 1.54) is 11.3 Å². The molecule has 0 spiro atoms. The zero-order valence-corrected chi connectivity index (χ0v) is 15.8. The van der Waals surface area contributed by atoms with Crippen LogP contribution >= 0.6 is 23.1 Å². The van der Waals surface area contributed by atoms with Crippen LogP contribution in [0.4, 0.5) is 5.13 Å². The van der Waals surface area contributed by atoms with Gasteiger partial charge in [0.25, 0.3) is 0 Å². The van der Waals surface area contributed by atoms with Crippen molar-refractivity contribution in [2.75, 3.05) is 23.4 Å². The van der Waals surface area contributed by atoms with Gasteiger partial charge in [0.2, 0.25) is 5.91 Å². The molecule has 138 valence electrons.